The molecule has 0 radical (unpaired) electrons. The molecule has 0 amide bonds. The second-order valence-corrected chi connectivity index (χ2v) is 3.79. The SMILES string of the molecule is CCC(C)Oc1cccc(N)c1Br. The highest BCUT2D eigenvalue weighted by atomic mass is 79.9. The van der Waals surface area contributed by atoms with E-state index in [0.29, 0.717) is 5.69 Å². The lowest BCUT2D eigenvalue weighted by Gasteiger charge is -2.14. The molecule has 0 saturated carbocycles. The van der Waals surface area contributed by atoms with Crippen LogP contribution < -0.4 is 10.5 Å². The third-order valence-corrected chi connectivity index (χ3v) is 2.74. The number of benzene rings is 1. The van der Waals surface area contributed by atoms with Gasteiger partial charge in [0.15, 0.2) is 0 Å². The number of hydrogen-bond donors (Lipinski definition) is 1. The molecule has 1 aromatic rings. The smallest absolute Gasteiger partial charge is 0.135 e. The average molecular weight is 244 g/mol. The minimum absolute atomic E-state index is 0.220. The molecule has 1 rings (SSSR count). The van der Waals surface area contributed by atoms with Crippen molar-refractivity contribution in [2.45, 2.75) is 26.4 Å². The van der Waals surface area contributed by atoms with Crippen LogP contribution >= 0.6 is 15.9 Å². The molecular weight excluding hydrogens is 230 g/mol. The molecule has 1 aromatic carbocycles. The van der Waals surface area contributed by atoms with E-state index in [1.165, 1.54) is 0 Å². The van der Waals surface area contributed by atoms with Crippen LogP contribution in [0.25, 0.3) is 0 Å². The molecule has 0 aliphatic heterocycles. The summed E-state index contributed by atoms with van der Waals surface area (Å²) in [6.07, 6.45) is 1.21. The molecule has 0 heterocycles. The topological polar surface area (TPSA) is 35.2 Å². The van der Waals surface area contributed by atoms with E-state index in [1.807, 2.05) is 25.1 Å². The molecule has 72 valence electrons. The summed E-state index contributed by atoms with van der Waals surface area (Å²) in [5, 5.41) is 0. The van der Waals surface area contributed by atoms with Crippen molar-refractivity contribution < 1.29 is 4.74 Å². The predicted octanol–water partition coefficient (Wildman–Crippen LogP) is 3.21. The first-order chi connectivity index (χ1) is 6.15. The Hall–Kier alpha value is -0.700. The zero-order valence-corrected chi connectivity index (χ0v) is 9.47. The van der Waals surface area contributed by atoms with Crippen molar-refractivity contribution in [3.63, 3.8) is 0 Å². The highest BCUT2D eigenvalue weighted by Crippen LogP contribution is 2.31. The number of rotatable bonds is 3. The second-order valence-electron chi connectivity index (χ2n) is 3.00. The van der Waals surface area contributed by atoms with Gasteiger partial charge in [0.05, 0.1) is 10.6 Å². The fourth-order valence-corrected chi connectivity index (χ4v) is 1.28. The van der Waals surface area contributed by atoms with E-state index in [-0.39, 0.29) is 6.10 Å². The molecule has 1 atom stereocenters. The van der Waals surface area contributed by atoms with Crippen molar-refractivity contribution in [3.8, 4) is 5.75 Å². The van der Waals surface area contributed by atoms with E-state index < -0.39 is 0 Å². The summed E-state index contributed by atoms with van der Waals surface area (Å²) in [7, 11) is 0. The lowest BCUT2D eigenvalue weighted by atomic mass is 10.3. The Labute approximate surface area is 87.2 Å². The fraction of sp³-hybridized carbons (Fsp3) is 0.400. The van der Waals surface area contributed by atoms with Gasteiger partial charge in [-0.3, -0.25) is 0 Å². The van der Waals surface area contributed by atoms with Crippen molar-refractivity contribution in [2.24, 2.45) is 0 Å². The maximum absolute atomic E-state index is 5.71. The zero-order valence-electron chi connectivity index (χ0n) is 7.88. The van der Waals surface area contributed by atoms with E-state index in [0.717, 1.165) is 16.6 Å². The molecule has 0 aromatic heterocycles. The van der Waals surface area contributed by atoms with Gasteiger partial charge in [-0.2, -0.15) is 0 Å². The minimum atomic E-state index is 0.220. The summed E-state index contributed by atoms with van der Waals surface area (Å²) in [6, 6.07) is 5.64. The van der Waals surface area contributed by atoms with E-state index in [2.05, 4.69) is 22.9 Å². The fourth-order valence-electron chi connectivity index (χ4n) is 0.919. The number of anilines is 1. The van der Waals surface area contributed by atoms with Gasteiger partial charge in [0.25, 0.3) is 0 Å². The summed E-state index contributed by atoms with van der Waals surface area (Å²) >= 11 is 3.39. The minimum Gasteiger partial charge on any atom is -0.489 e. The summed E-state index contributed by atoms with van der Waals surface area (Å²) < 4.78 is 6.49. The van der Waals surface area contributed by atoms with E-state index >= 15 is 0 Å². The van der Waals surface area contributed by atoms with Gasteiger partial charge in [0, 0.05) is 5.69 Å². The Balaban J connectivity index is 2.83. The third kappa shape index (κ3) is 2.62. The molecule has 0 spiro atoms. The molecule has 0 aliphatic rings. The van der Waals surface area contributed by atoms with Crippen LogP contribution in [-0.4, -0.2) is 6.10 Å². The number of nitrogen functional groups attached to an aromatic ring is 1. The van der Waals surface area contributed by atoms with Crippen molar-refractivity contribution in [1.82, 2.24) is 0 Å². The van der Waals surface area contributed by atoms with Gasteiger partial charge in [-0.15, -0.1) is 0 Å². The lowest BCUT2D eigenvalue weighted by Crippen LogP contribution is -2.10. The molecule has 2 N–H and O–H groups in total. The Morgan fingerprint density at radius 1 is 1.54 bits per heavy atom. The standard InChI is InChI=1S/C10H14BrNO/c1-3-7(2)13-9-6-4-5-8(12)10(9)11/h4-7H,3,12H2,1-2H3. The highest BCUT2D eigenvalue weighted by Gasteiger charge is 2.06. The molecule has 13 heavy (non-hydrogen) atoms. The average Bonchev–Trinajstić information content (AvgIpc) is 2.13. The van der Waals surface area contributed by atoms with E-state index in [1.54, 1.807) is 0 Å². The number of nitrogens with two attached hydrogens (primary N) is 1. The number of hydrogen-bond acceptors (Lipinski definition) is 2. The number of halogens is 1. The Bertz CT molecular complexity index is 288. The van der Waals surface area contributed by atoms with Crippen molar-refractivity contribution in [2.75, 3.05) is 5.73 Å². The molecule has 1 unspecified atom stereocenters. The Morgan fingerprint density at radius 2 is 2.23 bits per heavy atom. The molecule has 2 nitrogen and oxygen atoms in total. The van der Waals surface area contributed by atoms with Crippen LogP contribution in [0, 0.1) is 0 Å². The van der Waals surface area contributed by atoms with Crippen molar-refractivity contribution in [3.05, 3.63) is 22.7 Å². The van der Waals surface area contributed by atoms with Gasteiger partial charge in [-0.05, 0) is 41.4 Å². The molecule has 0 aliphatic carbocycles. The first-order valence-electron chi connectivity index (χ1n) is 4.35. The largest absolute Gasteiger partial charge is 0.489 e. The summed E-state index contributed by atoms with van der Waals surface area (Å²) in [6.45, 7) is 4.13. The molecule has 0 fully saturated rings. The quantitative estimate of drug-likeness (QED) is 0.828. The Kier molecular flexibility index (Phi) is 3.60. The first kappa shape index (κ1) is 10.4. The van der Waals surface area contributed by atoms with Crippen molar-refractivity contribution in [1.29, 1.82) is 0 Å². The monoisotopic (exact) mass is 243 g/mol. The van der Waals surface area contributed by atoms with E-state index in [9.17, 15) is 0 Å². The summed E-state index contributed by atoms with van der Waals surface area (Å²) in [5.41, 5.74) is 6.42. The third-order valence-electron chi connectivity index (χ3n) is 1.90. The van der Waals surface area contributed by atoms with Gasteiger partial charge >= 0.3 is 0 Å². The molecule has 3 heteroatoms. The van der Waals surface area contributed by atoms with Gasteiger partial charge in [-0.1, -0.05) is 13.0 Å². The lowest BCUT2D eigenvalue weighted by molar-refractivity contribution is 0.216. The van der Waals surface area contributed by atoms with Gasteiger partial charge in [0.2, 0.25) is 0 Å². The first-order valence-corrected chi connectivity index (χ1v) is 5.15. The van der Waals surface area contributed by atoms with Gasteiger partial charge in [-0.25, -0.2) is 0 Å². The normalized spacial score (nSPS) is 12.5. The zero-order chi connectivity index (χ0) is 9.84. The van der Waals surface area contributed by atoms with Crippen LogP contribution in [-0.2, 0) is 0 Å². The van der Waals surface area contributed by atoms with Gasteiger partial charge < -0.3 is 10.5 Å². The number of ether oxygens (including phenoxy) is 1. The second kappa shape index (κ2) is 4.51. The van der Waals surface area contributed by atoms with Crippen LogP contribution in [0.3, 0.4) is 0 Å². The highest BCUT2D eigenvalue weighted by molar-refractivity contribution is 9.10. The maximum atomic E-state index is 5.71. The van der Waals surface area contributed by atoms with Crippen LogP contribution in [0.4, 0.5) is 5.69 Å². The summed E-state index contributed by atoms with van der Waals surface area (Å²) in [4.78, 5) is 0. The van der Waals surface area contributed by atoms with Crippen LogP contribution in [0.1, 0.15) is 20.3 Å². The van der Waals surface area contributed by atoms with E-state index in [4.69, 9.17) is 10.5 Å². The predicted molar refractivity (Wildman–Crippen MR) is 58.9 cm³/mol. The van der Waals surface area contributed by atoms with Gasteiger partial charge in [0.1, 0.15) is 5.75 Å². The molecule has 0 bridgehead atoms. The summed E-state index contributed by atoms with van der Waals surface area (Å²) in [5.74, 6) is 0.814. The van der Waals surface area contributed by atoms with Crippen LogP contribution in [0.2, 0.25) is 0 Å². The molecular formula is C10H14BrNO. The maximum Gasteiger partial charge on any atom is 0.135 e. The Morgan fingerprint density at radius 3 is 2.85 bits per heavy atom. The van der Waals surface area contributed by atoms with Crippen LogP contribution in [0.5, 0.6) is 5.75 Å². The molecule has 0 saturated heterocycles. The van der Waals surface area contributed by atoms with Crippen molar-refractivity contribution >= 4 is 21.6 Å². The van der Waals surface area contributed by atoms with Crippen LogP contribution in [0.15, 0.2) is 22.7 Å².